The summed E-state index contributed by atoms with van der Waals surface area (Å²) in [6.07, 6.45) is 4.91. The molecule has 1 fully saturated rings. The molecule has 0 bridgehead atoms. The molecule has 1 aliphatic carbocycles. The number of halogens is 2. The molecule has 1 amide bonds. The maximum absolute atomic E-state index is 14.4. The van der Waals surface area contributed by atoms with Crippen molar-refractivity contribution < 1.29 is 22.3 Å². The number of nitrogens with two attached hydrogens (primary N) is 1. The van der Waals surface area contributed by atoms with E-state index in [1.54, 1.807) is 0 Å². The molecule has 0 spiro atoms. The van der Waals surface area contributed by atoms with Gasteiger partial charge in [0.1, 0.15) is 4.90 Å². The Labute approximate surface area is 144 Å². The summed E-state index contributed by atoms with van der Waals surface area (Å²) >= 11 is 0. The molecule has 0 aliphatic heterocycles. The topological polar surface area (TPSA) is 98.5 Å². The minimum Gasteiger partial charge on any atom is -0.492 e. The summed E-state index contributed by atoms with van der Waals surface area (Å²) < 4.78 is 42.1. The van der Waals surface area contributed by atoms with E-state index in [1.165, 1.54) is 0 Å². The van der Waals surface area contributed by atoms with Gasteiger partial charge >= 0.3 is 0 Å². The third kappa shape index (κ3) is 4.17. The Hall–Kier alpha value is -1.38. The number of benzene rings is 1. The zero-order valence-corrected chi connectivity index (χ0v) is 14.8. The number of ether oxygens (including phenoxy) is 1. The Bertz CT molecular complexity index is 720. The van der Waals surface area contributed by atoms with Crippen molar-refractivity contribution in [2.75, 3.05) is 12.4 Å². The van der Waals surface area contributed by atoms with Gasteiger partial charge in [-0.05, 0) is 30.9 Å². The van der Waals surface area contributed by atoms with Crippen LogP contribution in [-0.2, 0) is 13.8 Å². The Balaban J connectivity index is 2.22. The number of rotatable bonds is 5. The zero-order valence-electron chi connectivity index (χ0n) is 13.2. The number of methoxy groups -OCH3 is 1. The molecule has 1 aromatic rings. The Morgan fingerprint density at radius 3 is 2.54 bits per heavy atom. The number of hydrogen-bond donors (Lipinski definition) is 2. The molecule has 1 saturated carbocycles. The lowest BCUT2D eigenvalue weighted by molar-refractivity contribution is -0.118. The molecule has 24 heavy (non-hydrogen) atoms. The van der Waals surface area contributed by atoms with Crippen molar-refractivity contribution in [3.8, 4) is 5.75 Å². The highest BCUT2D eigenvalue weighted by atomic mass is 35.7. The van der Waals surface area contributed by atoms with Gasteiger partial charge in [-0.3, -0.25) is 4.79 Å². The molecule has 1 aliphatic rings. The second-order valence-corrected chi connectivity index (χ2v) is 8.34. The lowest BCUT2D eigenvalue weighted by Crippen LogP contribution is -2.42. The fraction of sp³-hybridized carbons (Fsp3) is 0.533. The maximum Gasteiger partial charge on any atom is 0.265 e. The van der Waals surface area contributed by atoms with Crippen molar-refractivity contribution in [1.29, 1.82) is 0 Å². The van der Waals surface area contributed by atoms with E-state index in [4.69, 9.17) is 21.2 Å². The lowest BCUT2D eigenvalue weighted by atomic mass is 9.84. The van der Waals surface area contributed by atoms with Gasteiger partial charge in [0.2, 0.25) is 5.91 Å². The van der Waals surface area contributed by atoms with E-state index in [9.17, 15) is 17.6 Å². The maximum atomic E-state index is 14.4. The third-order valence-corrected chi connectivity index (χ3v) is 5.59. The number of carbonyl (C=O) groups excluding carboxylic acids is 1. The van der Waals surface area contributed by atoms with E-state index in [1.807, 2.05) is 0 Å². The zero-order chi connectivity index (χ0) is 17.9. The van der Waals surface area contributed by atoms with Gasteiger partial charge in [0.05, 0.1) is 18.8 Å². The third-order valence-electron chi connectivity index (χ3n) is 4.25. The fourth-order valence-corrected chi connectivity index (χ4v) is 3.93. The van der Waals surface area contributed by atoms with E-state index < -0.39 is 37.5 Å². The summed E-state index contributed by atoms with van der Waals surface area (Å²) in [7, 11) is 2.18. The van der Waals surface area contributed by atoms with E-state index in [0.29, 0.717) is 0 Å². The first kappa shape index (κ1) is 19.0. The van der Waals surface area contributed by atoms with Crippen molar-refractivity contribution in [1.82, 2.24) is 0 Å². The molecule has 0 unspecified atom stereocenters. The lowest BCUT2D eigenvalue weighted by Gasteiger charge is -2.26. The van der Waals surface area contributed by atoms with Crippen LogP contribution in [0, 0.1) is 11.7 Å². The molecule has 6 nitrogen and oxygen atoms in total. The van der Waals surface area contributed by atoms with Gasteiger partial charge in [-0.1, -0.05) is 19.3 Å². The molecule has 134 valence electrons. The van der Waals surface area contributed by atoms with Crippen LogP contribution in [0.4, 0.5) is 10.1 Å². The van der Waals surface area contributed by atoms with Crippen LogP contribution in [0.2, 0.25) is 0 Å². The van der Waals surface area contributed by atoms with Crippen molar-refractivity contribution in [2.24, 2.45) is 11.7 Å². The molecular weight excluding hydrogens is 359 g/mol. The quantitative estimate of drug-likeness (QED) is 0.767. The van der Waals surface area contributed by atoms with Crippen LogP contribution in [-0.4, -0.2) is 27.5 Å². The summed E-state index contributed by atoms with van der Waals surface area (Å²) in [6.45, 7) is 0. The molecule has 3 N–H and O–H groups in total. The van der Waals surface area contributed by atoms with Gasteiger partial charge in [0, 0.05) is 10.7 Å². The largest absolute Gasteiger partial charge is 0.492 e. The van der Waals surface area contributed by atoms with Crippen LogP contribution in [0.15, 0.2) is 17.0 Å². The Morgan fingerprint density at radius 2 is 2.00 bits per heavy atom. The second kappa shape index (κ2) is 7.67. The van der Waals surface area contributed by atoms with E-state index in [-0.39, 0.29) is 11.6 Å². The van der Waals surface area contributed by atoms with Crippen molar-refractivity contribution >= 4 is 31.3 Å². The van der Waals surface area contributed by atoms with Crippen LogP contribution >= 0.6 is 10.7 Å². The van der Waals surface area contributed by atoms with Crippen molar-refractivity contribution in [3.05, 3.63) is 17.9 Å². The molecule has 1 aromatic carbocycles. The Kier molecular flexibility index (Phi) is 6.06. The van der Waals surface area contributed by atoms with Crippen LogP contribution in [0.3, 0.4) is 0 Å². The monoisotopic (exact) mass is 378 g/mol. The molecule has 1 atom stereocenters. The number of carbonyl (C=O) groups is 1. The first-order valence-corrected chi connectivity index (χ1v) is 9.94. The smallest absolute Gasteiger partial charge is 0.265 e. The van der Waals surface area contributed by atoms with E-state index >= 15 is 0 Å². The number of anilines is 1. The van der Waals surface area contributed by atoms with E-state index in [2.05, 4.69) is 5.32 Å². The number of hydrogen-bond acceptors (Lipinski definition) is 5. The minimum atomic E-state index is -4.18. The summed E-state index contributed by atoms with van der Waals surface area (Å²) in [5.41, 5.74) is 5.78. The van der Waals surface area contributed by atoms with Crippen LogP contribution in [0.5, 0.6) is 5.75 Å². The van der Waals surface area contributed by atoms with Gasteiger partial charge in [-0.25, -0.2) is 12.8 Å². The summed E-state index contributed by atoms with van der Waals surface area (Å²) in [5.74, 6) is -2.01. The van der Waals surface area contributed by atoms with Crippen LogP contribution in [0.1, 0.15) is 32.1 Å². The van der Waals surface area contributed by atoms with Gasteiger partial charge < -0.3 is 15.8 Å². The normalized spacial score (nSPS) is 17.3. The number of nitrogens with one attached hydrogen (secondary N) is 1. The van der Waals surface area contributed by atoms with E-state index in [0.717, 1.165) is 51.3 Å². The summed E-state index contributed by atoms with van der Waals surface area (Å²) in [6, 6.07) is 1.46. The fourth-order valence-electron chi connectivity index (χ4n) is 2.94. The van der Waals surface area contributed by atoms with Gasteiger partial charge in [0.15, 0.2) is 11.6 Å². The second-order valence-electron chi connectivity index (χ2n) is 5.81. The summed E-state index contributed by atoms with van der Waals surface area (Å²) in [4.78, 5) is 11.8. The standard InChI is InChI=1S/C15H20ClFN2O4S/c1-23-14-11(24(16,21)22)8-7-10(12(14)17)19-15(20)13(18)9-5-3-2-4-6-9/h7-9,13H,2-6,18H2,1H3,(H,19,20)/t13-/m0/s1. The molecular formula is C15H20ClFN2O4S. The molecule has 2 rings (SSSR count). The predicted octanol–water partition coefficient (Wildman–Crippen LogP) is 2.61. The first-order valence-electron chi connectivity index (χ1n) is 7.63. The first-order chi connectivity index (χ1) is 11.3. The Morgan fingerprint density at radius 1 is 1.38 bits per heavy atom. The molecule has 9 heteroatoms. The predicted molar refractivity (Wildman–Crippen MR) is 89.2 cm³/mol. The van der Waals surface area contributed by atoms with Gasteiger partial charge in [-0.2, -0.15) is 0 Å². The average Bonchev–Trinajstić information content (AvgIpc) is 2.55. The summed E-state index contributed by atoms with van der Waals surface area (Å²) in [5, 5.41) is 2.40. The van der Waals surface area contributed by atoms with Crippen LogP contribution in [0.25, 0.3) is 0 Å². The number of amides is 1. The highest BCUT2D eigenvalue weighted by Crippen LogP contribution is 2.34. The van der Waals surface area contributed by atoms with Crippen molar-refractivity contribution in [3.63, 3.8) is 0 Å². The molecule has 0 saturated heterocycles. The average molecular weight is 379 g/mol. The molecule has 0 aromatic heterocycles. The van der Waals surface area contributed by atoms with Crippen LogP contribution < -0.4 is 15.8 Å². The van der Waals surface area contributed by atoms with Gasteiger partial charge in [0.25, 0.3) is 9.05 Å². The molecule has 0 radical (unpaired) electrons. The SMILES string of the molecule is COc1c(S(=O)(=O)Cl)ccc(NC(=O)[C@@H](N)C2CCCCC2)c1F. The minimum absolute atomic E-state index is 0.0613. The van der Waals surface area contributed by atoms with Crippen molar-refractivity contribution in [2.45, 2.75) is 43.0 Å². The van der Waals surface area contributed by atoms with Gasteiger partial charge in [-0.15, -0.1) is 0 Å². The highest BCUT2D eigenvalue weighted by Gasteiger charge is 2.28. The highest BCUT2D eigenvalue weighted by molar-refractivity contribution is 8.13. The molecule has 0 heterocycles.